The molecule has 0 fully saturated rings. The van der Waals surface area contributed by atoms with Gasteiger partial charge in [-0.1, -0.05) is 45.9 Å². The van der Waals surface area contributed by atoms with Crippen molar-refractivity contribution in [2.45, 2.75) is 53.4 Å². The van der Waals surface area contributed by atoms with E-state index in [9.17, 15) is 4.79 Å². The van der Waals surface area contributed by atoms with Gasteiger partial charge in [-0.25, -0.2) is 4.98 Å². The SMILES string of the molecule is Cc1cc(C)c2c(N)c(C(=O)Nc3c(C(C)C)cccc3C(C)C)sc2n1. The first-order chi connectivity index (χ1) is 12.7. The summed E-state index contributed by atoms with van der Waals surface area (Å²) in [6.07, 6.45) is 0. The molecule has 27 heavy (non-hydrogen) atoms. The number of fused-ring (bicyclic) bond motifs is 1. The number of pyridine rings is 1. The third-order valence-electron chi connectivity index (χ3n) is 4.84. The number of hydrogen-bond donors (Lipinski definition) is 2. The van der Waals surface area contributed by atoms with Crippen LogP contribution in [0.4, 0.5) is 11.4 Å². The lowest BCUT2D eigenvalue weighted by molar-refractivity contribution is 0.103. The monoisotopic (exact) mass is 381 g/mol. The molecule has 2 aromatic heterocycles. The minimum absolute atomic E-state index is 0.164. The summed E-state index contributed by atoms with van der Waals surface area (Å²) >= 11 is 1.36. The first-order valence-corrected chi connectivity index (χ1v) is 10.1. The van der Waals surface area contributed by atoms with Crippen molar-refractivity contribution >= 4 is 38.8 Å². The van der Waals surface area contributed by atoms with E-state index in [-0.39, 0.29) is 5.91 Å². The van der Waals surface area contributed by atoms with Crippen LogP contribution in [-0.4, -0.2) is 10.9 Å². The van der Waals surface area contributed by atoms with Crippen molar-refractivity contribution < 1.29 is 4.79 Å². The predicted molar refractivity (Wildman–Crippen MR) is 116 cm³/mol. The van der Waals surface area contributed by atoms with Crippen LogP contribution in [0.3, 0.4) is 0 Å². The molecule has 0 saturated heterocycles. The van der Waals surface area contributed by atoms with Crippen molar-refractivity contribution in [1.29, 1.82) is 0 Å². The Kier molecular flexibility index (Phi) is 5.24. The molecule has 1 amide bonds. The van der Waals surface area contributed by atoms with Gasteiger partial charge in [-0.3, -0.25) is 4.79 Å². The first-order valence-electron chi connectivity index (χ1n) is 9.31. The largest absolute Gasteiger partial charge is 0.397 e. The summed E-state index contributed by atoms with van der Waals surface area (Å²) < 4.78 is 0. The van der Waals surface area contributed by atoms with E-state index in [1.54, 1.807) is 0 Å². The number of carbonyl (C=O) groups excluding carboxylic acids is 1. The van der Waals surface area contributed by atoms with Crippen molar-refractivity contribution in [3.8, 4) is 0 Å². The van der Waals surface area contributed by atoms with Crippen LogP contribution in [0.2, 0.25) is 0 Å². The van der Waals surface area contributed by atoms with Crippen molar-refractivity contribution in [2.75, 3.05) is 11.1 Å². The van der Waals surface area contributed by atoms with Crippen LogP contribution in [0.1, 0.15) is 71.6 Å². The molecule has 0 aliphatic heterocycles. The van der Waals surface area contributed by atoms with Crippen molar-refractivity contribution in [2.24, 2.45) is 0 Å². The molecule has 3 N–H and O–H groups in total. The molecular weight excluding hydrogens is 354 g/mol. The van der Waals surface area contributed by atoms with Gasteiger partial charge in [-0.2, -0.15) is 0 Å². The molecule has 0 spiro atoms. The van der Waals surface area contributed by atoms with Gasteiger partial charge in [-0.05, 0) is 48.4 Å². The number of aryl methyl sites for hydroxylation is 2. The number of nitrogen functional groups attached to an aromatic ring is 1. The Balaban J connectivity index is 2.08. The fraction of sp³-hybridized carbons (Fsp3) is 0.364. The number of aromatic nitrogens is 1. The number of benzene rings is 1. The Bertz CT molecular complexity index is 992. The van der Waals surface area contributed by atoms with E-state index in [0.717, 1.165) is 38.3 Å². The number of hydrogen-bond acceptors (Lipinski definition) is 4. The summed E-state index contributed by atoms with van der Waals surface area (Å²) in [5.74, 6) is 0.457. The zero-order chi connectivity index (χ0) is 19.9. The average molecular weight is 382 g/mol. The number of carbonyl (C=O) groups is 1. The molecule has 3 rings (SSSR count). The van der Waals surface area contributed by atoms with Crippen LogP contribution in [-0.2, 0) is 0 Å². The number of nitrogens with two attached hydrogens (primary N) is 1. The number of nitrogens with one attached hydrogen (secondary N) is 1. The third kappa shape index (κ3) is 3.56. The molecule has 4 nitrogen and oxygen atoms in total. The third-order valence-corrected chi connectivity index (χ3v) is 5.94. The summed E-state index contributed by atoms with van der Waals surface area (Å²) in [5.41, 5.74) is 12.0. The van der Waals surface area contributed by atoms with Crippen molar-refractivity contribution in [3.05, 3.63) is 51.5 Å². The van der Waals surface area contributed by atoms with E-state index in [1.165, 1.54) is 11.3 Å². The second-order valence-corrected chi connectivity index (χ2v) is 8.68. The maximum absolute atomic E-state index is 13.1. The Morgan fingerprint density at radius 3 is 2.26 bits per heavy atom. The number of anilines is 2. The Morgan fingerprint density at radius 2 is 1.70 bits per heavy atom. The summed E-state index contributed by atoms with van der Waals surface area (Å²) in [6, 6.07) is 8.22. The average Bonchev–Trinajstić information content (AvgIpc) is 2.91. The molecule has 0 saturated carbocycles. The van der Waals surface area contributed by atoms with Crippen molar-refractivity contribution in [3.63, 3.8) is 0 Å². The molecule has 5 heteroatoms. The highest BCUT2D eigenvalue weighted by Crippen LogP contribution is 2.37. The molecule has 142 valence electrons. The van der Waals surface area contributed by atoms with Gasteiger partial charge in [0.05, 0.1) is 5.69 Å². The van der Waals surface area contributed by atoms with Gasteiger partial charge in [0.1, 0.15) is 9.71 Å². The van der Waals surface area contributed by atoms with E-state index in [1.807, 2.05) is 19.9 Å². The van der Waals surface area contributed by atoms with Gasteiger partial charge in [0.2, 0.25) is 0 Å². The highest BCUT2D eigenvalue weighted by molar-refractivity contribution is 7.21. The van der Waals surface area contributed by atoms with E-state index < -0.39 is 0 Å². The smallest absolute Gasteiger partial charge is 0.267 e. The molecule has 3 aromatic rings. The molecule has 0 aliphatic rings. The minimum atomic E-state index is -0.164. The minimum Gasteiger partial charge on any atom is -0.397 e. The highest BCUT2D eigenvalue weighted by Gasteiger charge is 2.22. The first kappa shape index (κ1) is 19.4. The summed E-state index contributed by atoms with van der Waals surface area (Å²) in [5, 5.41) is 4.04. The molecule has 0 unspecified atom stereocenters. The second-order valence-electron chi connectivity index (χ2n) is 7.68. The fourth-order valence-electron chi connectivity index (χ4n) is 3.50. The Hall–Kier alpha value is -2.40. The van der Waals surface area contributed by atoms with Gasteiger partial charge < -0.3 is 11.1 Å². The van der Waals surface area contributed by atoms with Crippen LogP contribution in [0.5, 0.6) is 0 Å². The molecule has 2 heterocycles. The number of rotatable bonds is 4. The zero-order valence-electron chi connectivity index (χ0n) is 16.8. The topological polar surface area (TPSA) is 68.0 Å². The normalized spacial score (nSPS) is 11.6. The quantitative estimate of drug-likeness (QED) is 0.583. The van der Waals surface area contributed by atoms with E-state index in [0.29, 0.717) is 22.4 Å². The lowest BCUT2D eigenvalue weighted by Gasteiger charge is -2.20. The zero-order valence-corrected chi connectivity index (χ0v) is 17.6. The Labute approximate surface area is 164 Å². The fourth-order valence-corrected chi connectivity index (χ4v) is 4.62. The lowest BCUT2D eigenvalue weighted by atomic mass is 9.92. The van der Waals surface area contributed by atoms with E-state index >= 15 is 0 Å². The molecular formula is C22H27N3OS. The number of para-hydroxylation sites is 1. The summed E-state index contributed by atoms with van der Waals surface area (Å²) in [6.45, 7) is 12.5. The molecule has 0 bridgehead atoms. The van der Waals surface area contributed by atoms with Gasteiger partial charge in [0, 0.05) is 16.8 Å². The second kappa shape index (κ2) is 7.31. The van der Waals surface area contributed by atoms with Gasteiger partial charge in [0.15, 0.2) is 0 Å². The number of amides is 1. The standard InChI is InChI=1S/C22H27N3OS/c1-11(2)15-8-7-9-16(12(3)4)19(15)25-21(26)20-18(23)17-13(5)10-14(6)24-22(17)27-20/h7-12H,23H2,1-6H3,(H,25,26). The lowest BCUT2D eigenvalue weighted by Crippen LogP contribution is -2.16. The van der Waals surface area contributed by atoms with Crippen LogP contribution in [0.15, 0.2) is 24.3 Å². The van der Waals surface area contributed by atoms with Gasteiger partial charge in [0.25, 0.3) is 5.91 Å². The van der Waals surface area contributed by atoms with E-state index in [4.69, 9.17) is 5.73 Å². The number of nitrogens with zero attached hydrogens (tertiary/aromatic N) is 1. The molecule has 0 radical (unpaired) electrons. The van der Waals surface area contributed by atoms with Crippen molar-refractivity contribution in [1.82, 2.24) is 4.98 Å². The Morgan fingerprint density at radius 1 is 1.11 bits per heavy atom. The van der Waals surface area contributed by atoms with E-state index in [2.05, 4.69) is 56.2 Å². The highest BCUT2D eigenvalue weighted by atomic mass is 32.1. The molecule has 0 aliphatic carbocycles. The molecule has 1 aromatic carbocycles. The summed E-state index contributed by atoms with van der Waals surface area (Å²) in [7, 11) is 0. The predicted octanol–water partition coefficient (Wildman–Crippen LogP) is 5.99. The van der Waals surface area contributed by atoms with Crippen LogP contribution in [0, 0.1) is 13.8 Å². The summed E-state index contributed by atoms with van der Waals surface area (Å²) in [4.78, 5) is 19.0. The van der Waals surface area contributed by atoms with Crippen LogP contribution >= 0.6 is 11.3 Å². The van der Waals surface area contributed by atoms with Gasteiger partial charge >= 0.3 is 0 Å². The maximum Gasteiger partial charge on any atom is 0.267 e. The van der Waals surface area contributed by atoms with Crippen LogP contribution < -0.4 is 11.1 Å². The molecule has 0 atom stereocenters. The van der Waals surface area contributed by atoms with Gasteiger partial charge in [-0.15, -0.1) is 11.3 Å². The van der Waals surface area contributed by atoms with Crippen LogP contribution in [0.25, 0.3) is 10.2 Å². The maximum atomic E-state index is 13.1. The number of thiophene rings is 1.